The molecule has 2 amide bonds. The van der Waals surface area contributed by atoms with Crippen LogP contribution in [-0.2, 0) is 27.9 Å². The molecule has 5 heterocycles. The number of nitrogens with one attached hydrogen (secondary N) is 1. The first-order chi connectivity index (χ1) is 25.4. The van der Waals surface area contributed by atoms with E-state index in [1.165, 1.54) is 21.3 Å². The van der Waals surface area contributed by atoms with Gasteiger partial charge in [0.2, 0.25) is 0 Å². The first-order valence-corrected chi connectivity index (χ1v) is 20.0. The van der Waals surface area contributed by atoms with Crippen LogP contribution in [0.25, 0.3) is 11.0 Å². The van der Waals surface area contributed by atoms with Gasteiger partial charge in [0.15, 0.2) is 5.82 Å². The van der Waals surface area contributed by atoms with Gasteiger partial charge in [-0.1, -0.05) is 0 Å². The van der Waals surface area contributed by atoms with E-state index in [1.807, 2.05) is 13.8 Å². The summed E-state index contributed by atoms with van der Waals surface area (Å²) in [6, 6.07) is 4.97. The van der Waals surface area contributed by atoms with E-state index >= 15 is 4.39 Å². The number of halogens is 1. The number of amides is 2. The summed E-state index contributed by atoms with van der Waals surface area (Å²) in [7, 11) is -0.300. The van der Waals surface area contributed by atoms with Gasteiger partial charge in [-0.15, -0.1) is 0 Å². The van der Waals surface area contributed by atoms with Gasteiger partial charge >= 0.3 is 15.8 Å². The van der Waals surface area contributed by atoms with Crippen LogP contribution in [0, 0.1) is 31.5 Å². The third kappa shape index (κ3) is 6.38. The molecular weight excluding hydrogens is 704 g/mol. The lowest BCUT2D eigenvalue weighted by atomic mass is 9.92. The lowest BCUT2D eigenvalue weighted by molar-refractivity contribution is 0.0727. The summed E-state index contributed by atoms with van der Waals surface area (Å²) < 4.78 is 57.4. The number of ether oxygens (including phenoxy) is 1. The van der Waals surface area contributed by atoms with Crippen molar-refractivity contribution in [3.63, 3.8) is 0 Å². The number of piperidine rings is 1. The van der Waals surface area contributed by atoms with Crippen LogP contribution in [0.5, 0.6) is 0 Å². The van der Waals surface area contributed by atoms with Gasteiger partial charge in [-0.05, 0) is 87.7 Å². The molecule has 4 aliphatic heterocycles. The second kappa shape index (κ2) is 13.7. The first kappa shape index (κ1) is 36.0. The van der Waals surface area contributed by atoms with E-state index in [1.54, 1.807) is 12.0 Å². The number of hydrogen-bond donors (Lipinski definition) is 1. The highest BCUT2D eigenvalue weighted by molar-refractivity contribution is 7.87. The van der Waals surface area contributed by atoms with Gasteiger partial charge in [-0.3, -0.25) is 14.5 Å². The maximum atomic E-state index is 16.7. The Balaban J connectivity index is 1.08. The van der Waals surface area contributed by atoms with Crippen LogP contribution in [0.4, 0.5) is 15.8 Å². The Morgan fingerprint density at radius 1 is 0.981 bits per heavy atom. The molecule has 0 bridgehead atoms. The molecule has 3 saturated heterocycles. The zero-order chi connectivity index (χ0) is 37.3. The van der Waals surface area contributed by atoms with Gasteiger partial charge in [0.25, 0.3) is 11.8 Å². The Hall–Kier alpha value is -4.05. The van der Waals surface area contributed by atoms with Gasteiger partial charge in [0, 0.05) is 76.1 Å². The molecule has 3 atom stereocenters. The summed E-state index contributed by atoms with van der Waals surface area (Å²) in [6.07, 6.45) is 2.81. The molecule has 284 valence electrons. The maximum Gasteiger partial charge on any atom is 0.341 e. The molecule has 53 heavy (non-hydrogen) atoms. The third-order valence-electron chi connectivity index (χ3n) is 12.1. The van der Waals surface area contributed by atoms with E-state index in [-0.39, 0.29) is 35.9 Å². The molecule has 2 unspecified atom stereocenters. The highest BCUT2D eigenvalue weighted by Crippen LogP contribution is 2.47. The number of anilines is 2. The van der Waals surface area contributed by atoms with Crippen molar-refractivity contribution in [1.29, 1.82) is 0 Å². The van der Waals surface area contributed by atoms with Crippen molar-refractivity contribution in [2.24, 2.45) is 11.8 Å². The fraction of sp³-hybridized carbons (Fsp3) is 0.553. The summed E-state index contributed by atoms with van der Waals surface area (Å²) in [4.78, 5) is 49.0. The van der Waals surface area contributed by atoms with Crippen molar-refractivity contribution >= 4 is 44.4 Å². The van der Waals surface area contributed by atoms with Gasteiger partial charge in [0.1, 0.15) is 5.58 Å². The fourth-order valence-corrected chi connectivity index (χ4v) is 10.1. The van der Waals surface area contributed by atoms with Gasteiger partial charge < -0.3 is 23.9 Å². The van der Waals surface area contributed by atoms with Crippen LogP contribution >= 0.6 is 0 Å². The topological polar surface area (TPSA) is 136 Å². The minimum atomic E-state index is -4.10. The minimum Gasteiger partial charge on any atom is -0.422 e. The molecule has 4 fully saturated rings. The molecule has 0 spiro atoms. The fourth-order valence-electron chi connectivity index (χ4n) is 8.93. The number of nitrogens with zero attached hydrogens (tertiary/aromatic N) is 5. The van der Waals surface area contributed by atoms with Crippen molar-refractivity contribution < 1.29 is 31.6 Å². The number of benzene rings is 2. The average Bonchev–Trinajstić information content (AvgIpc) is 3.46. The number of likely N-dealkylation sites (N-methyl/N-ethyl adjacent to an activating group) is 1. The van der Waals surface area contributed by atoms with Crippen molar-refractivity contribution in [3.8, 4) is 0 Å². The number of carbonyl (C=O) groups excluding carboxylic acids is 2. The van der Waals surface area contributed by atoms with E-state index < -0.39 is 33.5 Å². The van der Waals surface area contributed by atoms with Crippen LogP contribution in [0.3, 0.4) is 0 Å². The number of methoxy groups -OCH3 is 1. The van der Waals surface area contributed by atoms with Crippen LogP contribution in [-0.4, -0.2) is 114 Å². The van der Waals surface area contributed by atoms with E-state index in [4.69, 9.17) is 9.15 Å². The smallest absolute Gasteiger partial charge is 0.341 e. The van der Waals surface area contributed by atoms with Crippen LogP contribution in [0.15, 0.2) is 27.4 Å². The summed E-state index contributed by atoms with van der Waals surface area (Å²) in [5, 5.41) is 0.871. The van der Waals surface area contributed by atoms with E-state index in [0.717, 1.165) is 53.8 Å². The molecule has 1 aliphatic carbocycles. The van der Waals surface area contributed by atoms with Crippen molar-refractivity contribution in [1.82, 2.24) is 18.8 Å². The van der Waals surface area contributed by atoms with Crippen molar-refractivity contribution in [2.75, 3.05) is 82.9 Å². The van der Waals surface area contributed by atoms with Crippen LogP contribution < -0.4 is 20.1 Å². The molecule has 0 radical (unpaired) electrons. The van der Waals surface area contributed by atoms with E-state index in [2.05, 4.69) is 27.6 Å². The lowest BCUT2D eigenvalue weighted by Crippen LogP contribution is -2.53. The summed E-state index contributed by atoms with van der Waals surface area (Å²) in [5.41, 5.74) is 3.69. The minimum absolute atomic E-state index is 0.0528. The quantitative estimate of drug-likeness (QED) is 0.343. The van der Waals surface area contributed by atoms with Gasteiger partial charge in [-0.25, -0.2) is 13.9 Å². The Bertz CT molecular complexity index is 2160. The standard InChI is InChI=1S/C38H47FN6O7S/c1-22-15-31(42-14-13-41(3)26(19-42)21-51-4)23(2)35-32(22)27-9-12-43(20-30(27)38(48)52-35)37(47)28-7-8-29(34(33(28)39)44-17-24-16-25(24)18-44)36(46)40-53(49,50)45-10-5-6-11-45/h7-8,15,24-26H,5-6,9-14,16-21H2,1-4H3,(H,40,46)/t24?,25?,26-/m1/s1. The monoisotopic (exact) mass is 750 g/mol. The molecule has 3 aromatic rings. The number of carbonyl (C=O) groups is 2. The highest BCUT2D eigenvalue weighted by Gasteiger charge is 2.47. The molecule has 2 aromatic carbocycles. The Labute approximate surface area is 308 Å². The van der Waals surface area contributed by atoms with Crippen LogP contribution in [0.1, 0.15) is 62.2 Å². The normalized spacial score (nSPS) is 23.4. The molecule has 8 rings (SSSR count). The number of hydrogen-bond acceptors (Lipinski definition) is 10. The molecule has 1 aromatic heterocycles. The maximum absolute atomic E-state index is 16.7. The predicted octanol–water partition coefficient (Wildman–Crippen LogP) is 3.04. The molecular formula is C38H47FN6O7S. The van der Waals surface area contributed by atoms with Crippen molar-refractivity contribution in [3.05, 3.63) is 67.8 Å². The Morgan fingerprint density at radius 3 is 2.42 bits per heavy atom. The molecule has 1 saturated carbocycles. The van der Waals surface area contributed by atoms with Crippen molar-refractivity contribution in [2.45, 2.75) is 52.1 Å². The zero-order valence-electron chi connectivity index (χ0n) is 30.7. The Kier molecular flexibility index (Phi) is 9.27. The number of aryl methyl sites for hydroxylation is 2. The van der Waals surface area contributed by atoms with E-state index in [0.29, 0.717) is 75.0 Å². The largest absolute Gasteiger partial charge is 0.422 e. The number of piperazine rings is 1. The van der Waals surface area contributed by atoms with Gasteiger partial charge in [0.05, 0.1) is 41.6 Å². The first-order valence-electron chi connectivity index (χ1n) is 18.6. The second-order valence-electron chi connectivity index (χ2n) is 15.4. The third-order valence-corrected chi connectivity index (χ3v) is 13.6. The average molecular weight is 751 g/mol. The highest BCUT2D eigenvalue weighted by atomic mass is 32.2. The second-order valence-corrected chi connectivity index (χ2v) is 17.1. The van der Waals surface area contributed by atoms with Crippen LogP contribution in [0.2, 0.25) is 0 Å². The molecule has 1 N–H and O–H groups in total. The summed E-state index contributed by atoms with van der Waals surface area (Å²) in [5.74, 6) is -1.66. The Morgan fingerprint density at radius 2 is 1.70 bits per heavy atom. The molecule has 15 heteroatoms. The lowest BCUT2D eigenvalue weighted by Gasteiger charge is -2.41. The zero-order valence-corrected chi connectivity index (χ0v) is 31.6. The summed E-state index contributed by atoms with van der Waals surface area (Å²) in [6.45, 7) is 8.95. The van der Waals surface area contributed by atoms with Gasteiger partial charge in [-0.2, -0.15) is 12.7 Å². The predicted molar refractivity (Wildman–Crippen MR) is 198 cm³/mol. The number of rotatable bonds is 8. The molecule has 5 aliphatic rings. The SMILES string of the molecule is COC[C@H]1CN(c2cc(C)c3c4c(c(=O)oc3c2C)CN(C(=O)c2ccc(C(=O)NS(=O)(=O)N3CCCC3)c(N3CC5CC5C3)c2F)CC4)CCN1C. The molecule has 13 nitrogen and oxygen atoms in total. The number of fused-ring (bicyclic) bond motifs is 4. The summed E-state index contributed by atoms with van der Waals surface area (Å²) >= 11 is 0. The van der Waals surface area contributed by atoms with E-state index in [9.17, 15) is 22.8 Å².